The van der Waals surface area contributed by atoms with Crippen molar-refractivity contribution >= 4 is 17.7 Å². The molecular weight excluding hydrogens is 329 g/mol. The van der Waals surface area contributed by atoms with Crippen LogP contribution in [0.25, 0.3) is 0 Å². The lowest BCUT2D eigenvalue weighted by Crippen LogP contribution is -2.31. The van der Waals surface area contributed by atoms with Crippen molar-refractivity contribution in [1.29, 1.82) is 0 Å². The van der Waals surface area contributed by atoms with Crippen molar-refractivity contribution in [2.24, 2.45) is 5.92 Å². The summed E-state index contributed by atoms with van der Waals surface area (Å²) in [6, 6.07) is 6.31. The van der Waals surface area contributed by atoms with Crippen LogP contribution in [-0.4, -0.2) is 43.3 Å². The molecule has 2 aromatic rings. The highest BCUT2D eigenvalue weighted by Gasteiger charge is 2.16. The van der Waals surface area contributed by atoms with Crippen LogP contribution in [0.15, 0.2) is 29.4 Å². The number of carbonyl (C=O) groups is 1. The van der Waals surface area contributed by atoms with Crippen LogP contribution >= 0.6 is 11.8 Å². The van der Waals surface area contributed by atoms with Gasteiger partial charge in [-0.25, -0.2) is 9.07 Å². The summed E-state index contributed by atoms with van der Waals surface area (Å²) >= 11 is 1.32. The Bertz CT molecular complexity index is 676. The summed E-state index contributed by atoms with van der Waals surface area (Å²) in [5, 5.41) is 12.2. The first-order chi connectivity index (χ1) is 11.5. The molecule has 0 aliphatic heterocycles. The molecule has 0 unspecified atom stereocenters. The van der Waals surface area contributed by atoms with Crippen molar-refractivity contribution in [2.75, 3.05) is 12.3 Å². The smallest absolute Gasteiger partial charge is 0.233 e. The van der Waals surface area contributed by atoms with Gasteiger partial charge >= 0.3 is 0 Å². The van der Waals surface area contributed by atoms with E-state index < -0.39 is 0 Å². The molecule has 1 amide bonds. The molecule has 0 N–H and O–H groups in total. The molecule has 0 radical (unpaired) electrons. The molecule has 0 fully saturated rings. The number of halogens is 1. The Morgan fingerprint density at radius 3 is 2.88 bits per heavy atom. The van der Waals surface area contributed by atoms with Crippen molar-refractivity contribution < 1.29 is 9.18 Å². The highest BCUT2D eigenvalue weighted by molar-refractivity contribution is 7.99. The van der Waals surface area contributed by atoms with Crippen LogP contribution in [0.3, 0.4) is 0 Å². The van der Waals surface area contributed by atoms with E-state index in [1.807, 2.05) is 13.0 Å². The molecule has 0 saturated carbocycles. The third-order valence-electron chi connectivity index (χ3n) is 3.36. The minimum absolute atomic E-state index is 0.0224. The SMILES string of the molecule is CCN(Cc1cccc(F)c1)C(=O)CSc1nnnn1CC(C)C. The standard InChI is InChI=1S/C16H22FN5OS/c1-4-21(10-13-6-5-7-14(17)8-13)15(23)11-24-16-18-19-20-22(16)9-12(2)3/h5-8,12H,4,9-11H2,1-3H3. The van der Waals surface area contributed by atoms with Crippen molar-refractivity contribution in [3.05, 3.63) is 35.6 Å². The highest BCUT2D eigenvalue weighted by atomic mass is 32.2. The molecule has 2 rings (SSSR count). The maximum Gasteiger partial charge on any atom is 0.233 e. The fourth-order valence-corrected chi connectivity index (χ4v) is 3.00. The molecule has 0 aliphatic rings. The van der Waals surface area contributed by atoms with Gasteiger partial charge in [0.25, 0.3) is 0 Å². The van der Waals surface area contributed by atoms with Gasteiger partial charge in [0.1, 0.15) is 5.82 Å². The Morgan fingerprint density at radius 2 is 2.21 bits per heavy atom. The van der Waals surface area contributed by atoms with Gasteiger partial charge in [0.05, 0.1) is 5.75 Å². The van der Waals surface area contributed by atoms with Gasteiger partial charge in [-0.1, -0.05) is 37.7 Å². The van der Waals surface area contributed by atoms with Crippen LogP contribution in [0.2, 0.25) is 0 Å². The van der Waals surface area contributed by atoms with Gasteiger partial charge in [-0.15, -0.1) is 5.10 Å². The van der Waals surface area contributed by atoms with Gasteiger partial charge in [-0.2, -0.15) is 0 Å². The number of hydrogen-bond acceptors (Lipinski definition) is 5. The van der Waals surface area contributed by atoms with Crippen LogP contribution in [0.5, 0.6) is 0 Å². The van der Waals surface area contributed by atoms with Crippen LogP contribution in [-0.2, 0) is 17.9 Å². The minimum Gasteiger partial charge on any atom is -0.338 e. The number of amides is 1. The Labute approximate surface area is 145 Å². The van der Waals surface area contributed by atoms with E-state index in [4.69, 9.17) is 0 Å². The largest absolute Gasteiger partial charge is 0.338 e. The van der Waals surface area contributed by atoms with E-state index in [9.17, 15) is 9.18 Å². The predicted octanol–water partition coefficient (Wildman–Crippen LogP) is 2.61. The van der Waals surface area contributed by atoms with Gasteiger partial charge in [-0.3, -0.25) is 4.79 Å². The Kier molecular flexibility index (Phi) is 6.72. The van der Waals surface area contributed by atoms with E-state index in [1.165, 1.54) is 23.9 Å². The van der Waals surface area contributed by atoms with E-state index in [1.54, 1.807) is 15.6 Å². The molecule has 0 saturated heterocycles. The molecule has 0 atom stereocenters. The van der Waals surface area contributed by atoms with Crippen molar-refractivity contribution in [3.63, 3.8) is 0 Å². The lowest BCUT2D eigenvalue weighted by atomic mass is 10.2. The third-order valence-corrected chi connectivity index (χ3v) is 4.30. The van der Waals surface area contributed by atoms with Crippen LogP contribution in [0.1, 0.15) is 26.3 Å². The second-order valence-corrected chi connectivity index (χ2v) is 6.81. The van der Waals surface area contributed by atoms with Crippen molar-refractivity contribution in [1.82, 2.24) is 25.1 Å². The number of thioether (sulfide) groups is 1. The average molecular weight is 351 g/mol. The van der Waals surface area contributed by atoms with Gasteiger partial charge in [0.2, 0.25) is 11.1 Å². The molecule has 130 valence electrons. The Balaban J connectivity index is 1.94. The molecule has 1 heterocycles. The highest BCUT2D eigenvalue weighted by Crippen LogP contribution is 2.16. The monoisotopic (exact) mass is 351 g/mol. The van der Waals surface area contributed by atoms with Crippen LogP contribution < -0.4 is 0 Å². The second-order valence-electron chi connectivity index (χ2n) is 5.86. The fraction of sp³-hybridized carbons (Fsp3) is 0.500. The first-order valence-electron chi connectivity index (χ1n) is 7.90. The Hall–Kier alpha value is -1.96. The van der Waals surface area contributed by atoms with E-state index in [0.29, 0.717) is 30.7 Å². The maximum atomic E-state index is 13.3. The molecule has 6 nitrogen and oxygen atoms in total. The van der Waals surface area contributed by atoms with Gasteiger partial charge in [-0.05, 0) is 41.0 Å². The summed E-state index contributed by atoms with van der Waals surface area (Å²) in [6.07, 6.45) is 0. The summed E-state index contributed by atoms with van der Waals surface area (Å²) < 4.78 is 15.0. The first-order valence-corrected chi connectivity index (χ1v) is 8.89. The van der Waals surface area contributed by atoms with Gasteiger partial charge < -0.3 is 4.90 Å². The summed E-state index contributed by atoms with van der Waals surface area (Å²) in [6.45, 7) is 7.74. The van der Waals surface area contributed by atoms with Gasteiger partial charge in [0, 0.05) is 19.6 Å². The lowest BCUT2D eigenvalue weighted by Gasteiger charge is -2.20. The summed E-state index contributed by atoms with van der Waals surface area (Å²) in [7, 11) is 0. The lowest BCUT2D eigenvalue weighted by molar-refractivity contribution is -0.128. The van der Waals surface area contributed by atoms with Crippen LogP contribution in [0, 0.1) is 11.7 Å². The summed E-state index contributed by atoms with van der Waals surface area (Å²) in [5.41, 5.74) is 0.778. The van der Waals surface area contributed by atoms with E-state index in [0.717, 1.165) is 5.56 Å². The first kappa shape index (κ1) is 18.4. The second kappa shape index (κ2) is 8.77. The molecule has 24 heavy (non-hydrogen) atoms. The Morgan fingerprint density at radius 1 is 1.42 bits per heavy atom. The molecular formula is C16H22FN5OS. The molecule has 1 aromatic heterocycles. The quantitative estimate of drug-likeness (QED) is 0.684. The molecule has 0 bridgehead atoms. The number of rotatable bonds is 8. The van der Waals surface area contributed by atoms with E-state index in [-0.39, 0.29) is 17.5 Å². The number of hydrogen-bond donors (Lipinski definition) is 0. The normalized spacial score (nSPS) is 11.0. The summed E-state index contributed by atoms with van der Waals surface area (Å²) in [4.78, 5) is 14.1. The molecule has 1 aromatic carbocycles. The molecule has 8 heteroatoms. The maximum absolute atomic E-state index is 13.3. The number of benzene rings is 1. The van der Waals surface area contributed by atoms with Crippen molar-refractivity contribution in [2.45, 2.75) is 39.0 Å². The predicted molar refractivity (Wildman–Crippen MR) is 90.9 cm³/mol. The van der Waals surface area contributed by atoms with E-state index >= 15 is 0 Å². The topological polar surface area (TPSA) is 63.9 Å². The molecule has 0 aliphatic carbocycles. The van der Waals surface area contributed by atoms with Gasteiger partial charge in [0.15, 0.2) is 0 Å². The number of nitrogens with zero attached hydrogens (tertiary/aromatic N) is 5. The van der Waals surface area contributed by atoms with Crippen molar-refractivity contribution in [3.8, 4) is 0 Å². The summed E-state index contributed by atoms with van der Waals surface area (Å²) in [5.74, 6) is 0.356. The number of aromatic nitrogens is 4. The zero-order valence-corrected chi connectivity index (χ0v) is 15.0. The van der Waals surface area contributed by atoms with E-state index in [2.05, 4.69) is 29.4 Å². The average Bonchev–Trinajstić information content (AvgIpc) is 2.96. The third kappa shape index (κ3) is 5.30. The minimum atomic E-state index is -0.293. The zero-order chi connectivity index (χ0) is 17.5. The van der Waals surface area contributed by atoms with Crippen LogP contribution in [0.4, 0.5) is 4.39 Å². The molecule has 0 spiro atoms. The number of carbonyl (C=O) groups excluding carboxylic acids is 1. The zero-order valence-electron chi connectivity index (χ0n) is 14.1. The number of tetrazole rings is 1. The fourth-order valence-electron chi connectivity index (χ4n) is 2.21.